The second kappa shape index (κ2) is 6.20. The van der Waals surface area contributed by atoms with E-state index in [0.717, 1.165) is 29.8 Å². The van der Waals surface area contributed by atoms with Gasteiger partial charge in [0.15, 0.2) is 0 Å². The number of rotatable bonds is 4. The second-order valence-corrected chi connectivity index (χ2v) is 6.44. The summed E-state index contributed by atoms with van der Waals surface area (Å²) in [5.41, 5.74) is 1.38. The first-order valence-corrected chi connectivity index (χ1v) is 7.62. The number of hydrogen-bond donors (Lipinski definition) is 1. The van der Waals surface area contributed by atoms with E-state index >= 15 is 0 Å². The quantitative estimate of drug-likeness (QED) is 0.829. The Morgan fingerprint density at radius 3 is 2.19 bits per heavy atom. The van der Waals surface area contributed by atoms with Gasteiger partial charge < -0.3 is 5.32 Å². The van der Waals surface area contributed by atoms with Crippen molar-refractivity contribution < 1.29 is 13.2 Å². The van der Waals surface area contributed by atoms with Crippen molar-refractivity contribution >= 4 is 11.3 Å². The Hall–Kier alpha value is -1.33. The van der Waals surface area contributed by atoms with Crippen molar-refractivity contribution in [3.05, 3.63) is 56.8 Å². The Morgan fingerprint density at radius 2 is 1.76 bits per heavy atom. The van der Waals surface area contributed by atoms with Crippen LogP contribution in [0.4, 0.5) is 13.2 Å². The molecule has 1 aromatic carbocycles. The van der Waals surface area contributed by atoms with Gasteiger partial charge in [-0.3, -0.25) is 0 Å². The van der Waals surface area contributed by atoms with E-state index in [4.69, 9.17) is 0 Å². The van der Waals surface area contributed by atoms with E-state index < -0.39 is 11.7 Å². The molecule has 1 nitrogen and oxygen atoms in total. The van der Waals surface area contributed by atoms with Crippen LogP contribution >= 0.6 is 11.3 Å². The fraction of sp³-hybridized carbons (Fsp3) is 0.375. The number of thiophene rings is 1. The predicted octanol–water partition coefficient (Wildman–Crippen LogP) is 5.08. The molecule has 2 rings (SSSR count). The van der Waals surface area contributed by atoms with Gasteiger partial charge >= 0.3 is 6.18 Å². The molecule has 1 unspecified atom stereocenters. The molecular formula is C16H18F3NS. The monoisotopic (exact) mass is 313 g/mol. The molecule has 0 saturated heterocycles. The maximum atomic E-state index is 12.6. The minimum atomic E-state index is -4.29. The first-order chi connectivity index (χ1) is 9.82. The molecule has 5 heteroatoms. The van der Waals surface area contributed by atoms with Gasteiger partial charge in [0.05, 0.1) is 11.6 Å². The van der Waals surface area contributed by atoms with Crippen LogP contribution in [0.15, 0.2) is 30.3 Å². The van der Waals surface area contributed by atoms with Crippen molar-refractivity contribution in [1.29, 1.82) is 0 Å². The van der Waals surface area contributed by atoms with Crippen molar-refractivity contribution in [2.75, 3.05) is 6.54 Å². The molecule has 0 spiro atoms. The SMILES string of the molecule is CCNC(c1ccc(C(F)(F)F)cc1)c1cc(C)sc1C. The first kappa shape index (κ1) is 16.0. The average Bonchev–Trinajstić information content (AvgIpc) is 2.74. The van der Waals surface area contributed by atoms with Crippen LogP contribution in [0.3, 0.4) is 0 Å². The van der Waals surface area contributed by atoms with Crippen molar-refractivity contribution in [1.82, 2.24) is 5.32 Å². The van der Waals surface area contributed by atoms with E-state index in [-0.39, 0.29) is 6.04 Å². The summed E-state index contributed by atoms with van der Waals surface area (Å²) in [6, 6.07) is 7.45. The van der Waals surface area contributed by atoms with Gasteiger partial charge in [0.1, 0.15) is 0 Å². The molecule has 1 aromatic heterocycles. The van der Waals surface area contributed by atoms with Crippen LogP contribution in [0.5, 0.6) is 0 Å². The standard InChI is InChI=1S/C16H18F3NS/c1-4-20-15(14-9-10(2)21-11(14)3)12-5-7-13(8-6-12)16(17,18)19/h5-9,15,20H,4H2,1-3H3. The molecule has 1 atom stereocenters. The number of hydrogen-bond acceptors (Lipinski definition) is 2. The third kappa shape index (κ3) is 3.66. The number of nitrogens with one attached hydrogen (secondary N) is 1. The highest BCUT2D eigenvalue weighted by molar-refractivity contribution is 7.12. The van der Waals surface area contributed by atoms with Crippen molar-refractivity contribution in [2.45, 2.75) is 33.0 Å². The fourth-order valence-corrected chi connectivity index (χ4v) is 3.38. The minimum Gasteiger partial charge on any atom is -0.306 e. The predicted molar refractivity (Wildman–Crippen MR) is 80.8 cm³/mol. The van der Waals surface area contributed by atoms with E-state index in [1.165, 1.54) is 9.75 Å². The van der Waals surface area contributed by atoms with Gasteiger partial charge in [0.25, 0.3) is 0 Å². The fourth-order valence-electron chi connectivity index (χ4n) is 2.41. The molecule has 0 aliphatic rings. The van der Waals surface area contributed by atoms with Crippen LogP contribution in [0, 0.1) is 13.8 Å². The van der Waals surface area contributed by atoms with Gasteiger partial charge in [-0.1, -0.05) is 19.1 Å². The zero-order chi connectivity index (χ0) is 15.6. The molecule has 0 radical (unpaired) electrons. The largest absolute Gasteiger partial charge is 0.416 e. The molecule has 1 N–H and O–H groups in total. The van der Waals surface area contributed by atoms with E-state index in [1.807, 2.05) is 20.8 Å². The third-order valence-electron chi connectivity index (χ3n) is 3.37. The summed E-state index contributed by atoms with van der Waals surface area (Å²) >= 11 is 1.71. The van der Waals surface area contributed by atoms with Crippen LogP contribution in [-0.2, 0) is 6.18 Å². The highest BCUT2D eigenvalue weighted by Gasteiger charge is 2.30. The lowest BCUT2D eigenvalue weighted by Crippen LogP contribution is -2.22. The molecule has 0 amide bonds. The van der Waals surface area contributed by atoms with Gasteiger partial charge in [-0.05, 0) is 49.7 Å². The van der Waals surface area contributed by atoms with Crippen LogP contribution < -0.4 is 5.32 Å². The average molecular weight is 313 g/mol. The van der Waals surface area contributed by atoms with E-state index in [0.29, 0.717) is 0 Å². The lowest BCUT2D eigenvalue weighted by atomic mass is 9.98. The second-order valence-electron chi connectivity index (χ2n) is 4.98. The Morgan fingerprint density at radius 1 is 1.14 bits per heavy atom. The van der Waals surface area contributed by atoms with Crippen molar-refractivity contribution in [3.8, 4) is 0 Å². The zero-order valence-corrected chi connectivity index (χ0v) is 13.0. The molecule has 0 bridgehead atoms. The van der Waals surface area contributed by atoms with Gasteiger partial charge in [-0.15, -0.1) is 11.3 Å². The third-order valence-corrected chi connectivity index (χ3v) is 4.35. The summed E-state index contributed by atoms with van der Waals surface area (Å²) in [5, 5.41) is 3.35. The van der Waals surface area contributed by atoms with Gasteiger partial charge in [0.2, 0.25) is 0 Å². The normalized spacial score (nSPS) is 13.4. The smallest absolute Gasteiger partial charge is 0.306 e. The number of alkyl halides is 3. The van der Waals surface area contributed by atoms with Crippen LogP contribution in [-0.4, -0.2) is 6.54 Å². The molecule has 21 heavy (non-hydrogen) atoms. The molecule has 114 valence electrons. The summed E-state index contributed by atoms with van der Waals surface area (Å²) in [5.74, 6) is 0. The molecule has 0 fully saturated rings. The molecule has 0 saturated carbocycles. The van der Waals surface area contributed by atoms with E-state index in [9.17, 15) is 13.2 Å². The lowest BCUT2D eigenvalue weighted by Gasteiger charge is -2.19. The molecule has 2 aromatic rings. The maximum Gasteiger partial charge on any atom is 0.416 e. The van der Waals surface area contributed by atoms with E-state index in [1.54, 1.807) is 23.5 Å². The minimum absolute atomic E-state index is 0.0674. The maximum absolute atomic E-state index is 12.6. The topological polar surface area (TPSA) is 12.0 Å². The van der Waals surface area contributed by atoms with Gasteiger partial charge in [-0.25, -0.2) is 0 Å². The van der Waals surface area contributed by atoms with Crippen LogP contribution in [0.1, 0.15) is 39.4 Å². The number of benzene rings is 1. The zero-order valence-electron chi connectivity index (χ0n) is 12.2. The van der Waals surface area contributed by atoms with Crippen LogP contribution in [0.2, 0.25) is 0 Å². The highest BCUT2D eigenvalue weighted by Crippen LogP contribution is 2.33. The van der Waals surface area contributed by atoms with Crippen molar-refractivity contribution in [3.63, 3.8) is 0 Å². The molecule has 1 heterocycles. The highest BCUT2D eigenvalue weighted by atomic mass is 32.1. The molecule has 0 aliphatic carbocycles. The summed E-state index contributed by atoms with van der Waals surface area (Å²) < 4.78 is 37.9. The summed E-state index contributed by atoms with van der Waals surface area (Å²) in [6.45, 7) is 6.82. The van der Waals surface area contributed by atoms with Crippen molar-refractivity contribution in [2.24, 2.45) is 0 Å². The van der Waals surface area contributed by atoms with E-state index in [2.05, 4.69) is 11.4 Å². The van der Waals surface area contributed by atoms with Gasteiger partial charge in [0, 0.05) is 9.75 Å². The summed E-state index contributed by atoms with van der Waals surface area (Å²) in [4.78, 5) is 2.40. The van der Waals surface area contributed by atoms with Gasteiger partial charge in [-0.2, -0.15) is 13.2 Å². The molecule has 0 aliphatic heterocycles. The Bertz CT molecular complexity index is 599. The Kier molecular flexibility index (Phi) is 4.74. The van der Waals surface area contributed by atoms with Crippen LogP contribution in [0.25, 0.3) is 0 Å². The molecular weight excluding hydrogens is 295 g/mol. The number of aryl methyl sites for hydroxylation is 2. The Balaban J connectivity index is 2.37. The lowest BCUT2D eigenvalue weighted by molar-refractivity contribution is -0.137. The Labute approximate surface area is 126 Å². The number of halogens is 3. The first-order valence-electron chi connectivity index (χ1n) is 6.80. The summed E-state index contributed by atoms with van der Waals surface area (Å²) in [6.07, 6.45) is -4.29. The summed E-state index contributed by atoms with van der Waals surface area (Å²) in [7, 11) is 0.